The van der Waals surface area contributed by atoms with Crippen LogP contribution in [-0.2, 0) is 24.0 Å². The van der Waals surface area contributed by atoms with Crippen molar-refractivity contribution in [3.63, 3.8) is 0 Å². The molecule has 2 unspecified atom stereocenters. The molecule has 1 aliphatic carbocycles. The monoisotopic (exact) mass is 574 g/mol. The highest BCUT2D eigenvalue weighted by Crippen LogP contribution is 2.41. The molecule has 0 saturated heterocycles. The van der Waals surface area contributed by atoms with Crippen molar-refractivity contribution in [3.8, 4) is 0 Å². The van der Waals surface area contributed by atoms with Crippen molar-refractivity contribution in [2.75, 3.05) is 12.3 Å². The molecule has 0 amide bonds. The summed E-state index contributed by atoms with van der Waals surface area (Å²) in [7, 11) is -1.18. The molecule has 166 valence electrons. The van der Waals surface area contributed by atoms with Crippen molar-refractivity contribution in [1.82, 2.24) is 24.2 Å². The first kappa shape index (κ1) is 22.9. The van der Waals surface area contributed by atoms with Crippen LogP contribution in [0.25, 0.3) is 11.2 Å². The van der Waals surface area contributed by atoms with Gasteiger partial charge in [0.25, 0.3) is 0 Å². The fraction of sp³-hybridized carbons (Fsp3) is 0.450. The first-order valence-electron chi connectivity index (χ1n) is 9.91. The Hall–Kier alpha value is -1.31. The summed E-state index contributed by atoms with van der Waals surface area (Å²) in [5.74, 6) is 0.310. The summed E-state index contributed by atoms with van der Waals surface area (Å²) in [5.41, 5.74) is 9.04. The van der Waals surface area contributed by atoms with Gasteiger partial charge in [-0.25, -0.2) is 28.3 Å². The first-order chi connectivity index (χ1) is 14.6. The number of hydrogen-bond acceptors (Lipinski definition) is 6. The quantitative estimate of drug-likeness (QED) is 0.429. The van der Waals surface area contributed by atoms with Gasteiger partial charge in [-0.3, -0.25) is 0 Å². The van der Waals surface area contributed by atoms with Crippen LogP contribution in [0.15, 0.2) is 28.5 Å². The minimum absolute atomic E-state index is 0.310. The predicted molar refractivity (Wildman–Crippen MR) is 131 cm³/mol. The van der Waals surface area contributed by atoms with E-state index >= 15 is 0 Å². The number of nitrogens with one attached hydrogen (secondary N) is 1. The number of nitrogens with zero attached hydrogens (tertiary/aromatic N) is 4. The lowest BCUT2D eigenvalue weighted by Gasteiger charge is -2.18. The third kappa shape index (κ3) is 4.74. The SMILES string of the molecule is CC(C)(C)S(=O)NCCn1c(Sc2cc3c(cc2I)CCC3F)nc2c(N)ncnc21. The zero-order valence-corrected chi connectivity index (χ0v) is 21.3. The topological polar surface area (TPSA) is 98.7 Å². The Morgan fingerprint density at radius 1 is 1.39 bits per heavy atom. The van der Waals surface area contributed by atoms with E-state index in [1.165, 1.54) is 18.1 Å². The second-order valence-electron chi connectivity index (χ2n) is 8.34. The largest absolute Gasteiger partial charge is 0.382 e. The summed E-state index contributed by atoms with van der Waals surface area (Å²) in [4.78, 5) is 14.0. The number of imidazole rings is 1. The first-order valence-corrected chi connectivity index (χ1v) is 13.0. The van der Waals surface area contributed by atoms with Crippen molar-refractivity contribution < 1.29 is 8.60 Å². The summed E-state index contributed by atoms with van der Waals surface area (Å²) in [6.07, 6.45) is 1.82. The van der Waals surface area contributed by atoms with Crippen LogP contribution >= 0.6 is 34.4 Å². The number of fused-ring (bicyclic) bond motifs is 2. The van der Waals surface area contributed by atoms with Crippen molar-refractivity contribution in [2.45, 2.75) is 61.1 Å². The molecular formula is C20H24FIN6OS2. The van der Waals surface area contributed by atoms with Crippen molar-refractivity contribution in [1.29, 1.82) is 0 Å². The van der Waals surface area contributed by atoms with Gasteiger partial charge in [0.2, 0.25) is 0 Å². The van der Waals surface area contributed by atoms with Crippen molar-refractivity contribution >= 4 is 62.3 Å². The Balaban J connectivity index is 1.66. The standard InChI is InChI=1S/C20H24FIN6OS2/c1-20(2,3)31(29)26-6-7-28-18-16(17(23)24-10-25-18)27-19(28)30-15-9-12-11(8-14(15)22)4-5-13(12)21/h8-10,13,26H,4-7H2,1-3H3,(H2,23,24,25). The Kier molecular flexibility index (Phi) is 6.57. The molecule has 11 heteroatoms. The fourth-order valence-electron chi connectivity index (χ4n) is 3.41. The molecule has 0 bridgehead atoms. The Morgan fingerprint density at radius 2 is 2.16 bits per heavy atom. The van der Waals surface area contributed by atoms with E-state index in [0.29, 0.717) is 41.6 Å². The van der Waals surface area contributed by atoms with Crippen LogP contribution in [0.2, 0.25) is 0 Å². The van der Waals surface area contributed by atoms with Gasteiger partial charge in [0.15, 0.2) is 22.1 Å². The molecule has 1 aliphatic rings. The van der Waals surface area contributed by atoms with Crippen LogP contribution in [-0.4, -0.2) is 35.0 Å². The normalized spacial score (nSPS) is 17.3. The number of nitrogens with two attached hydrogens (primary N) is 1. The average molecular weight is 574 g/mol. The predicted octanol–water partition coefficient (Wildman–Crippen LogP) is 4.17. The maximum Gasteiger partial charge on any atom is 0.175 e. The minimum Gasteiger partial charge on any atom is -0.382 e. The number of alkyl halides is 1. The lowest BCUT2D eigenvalue weighted by Crippen LogP contribution is -2.35. The number of aryl methyl sites for hydroxylation is 1. The smallest absolute Gasteiger partial charge is 0.175 e. The molecule has 3 aromatic rings. The van der Waals surface area contributed by atoms with E-state index in [2.05, 4.69) is 48.3 Å². The van der Waals surface area contributed by atoms with Gasteiger partial charge in [-0.15, -0.1) is 0 Å². The second kappa shape index (κ2) is 8.91. The maximum atomic E-state index is 14.3. The number of nitrogen functional groups attached to an aromatic ring is 1. The fourth-order valence-corrected chi connectivity index (χ4v) is 5.95. The molecular weight excluding hydrogens is 550 g/mol. The summed E-state index contributed by atoms with van der Waals surface area (Å²) in [6.45, 7) is 6.74. The van der Waals surface area contributed by atoms with E-state index in [-0.39, 0.29) is 4.75 Å². The second-order valence-corrected chi connectivity index (χ2v) is 12.6. The third-order valence-corrected chi connectivity index (χ3v) is 8.94. The van der Waals surface area contributed by atoms with Crippen LogP contribution in [0.4, 0.5) is 10.2 Å². The molecule has 0 fully saturated rings. The maximum absolute atomic E-state index is 14.3. The molecule has 2 atom stereocenters. The summed E-state index contributed by atoms with van der Waals surface area (Å²) < 4.78 is 32.4. The number of hydrogen-bond donors (Lipinski definition) is 2. The van der Waals surface area contributed by atoms with E-state index in [0.717, 1.165) is 26.0 Å². The zero-order valence-electron chi connectivity index (χ0n) is 17.5. The molecule has 2 aromatic heterocycles. The molecule has 3 N–H and O–H groups in total. The van der Waals surface area contributed by atoms with E-state index in [4.69, 9.17) is 5.73 Å². The molecule has 1 aromatic carbocycles. The Morgan fingerprint density at radius 3 is 2.90 bits per heavy atom. The molecule has 7 nitrogen and oxygen atoms in total. The van der Waals surface area contributed by atoms with E-state index in [1.807, 2.05) is 31.4 Å². The highest BCUT2D eigenvalue weighted by Gasteiger charge is 2.25. The third-order valence-electron chi connectivity index (χ3n) is 5.05. The summed E-state index contributed by atoms with van der Waals surface area (Å²) in [6, 6.07) is 4.00. The van der Waals surface area contributed by atoms with Gasteiger partial charge in [-0.1, -0.05) is 11.8 Å². The highest BCUT2D eigenvalue weighted by molar-refractivity contribution is 14.1. The summed E-state index contributed by atoms with van der Waals surface area (Å²) >= 11 is 3.74. The number of rotatable bonds is 6. The van der Waals surface area contributed by atoms with Gasteiger partial charge in [0.05, 0.1) is 15.7 Å². The molecule has 2 heterocycles. The van der Waals surface area contributed by atoms with E-state index in [1.54, 1.807) is 0 Å². The molecule has 31 heavy (non-hydrogen) atoms. The lowest BCUT2D eigenvalue weighted by atomic mass is 10.1. The number of halogens is 2. The zero-order chi connectivity index (χ0) is 22.3. The van der Waals surface area contributed by atoms with Crippen LogP contribution in [0.3, 0.4) is 0 Å². The van der Waals surface area contributed by atoms with Gasteiger partial charge in [0, 0.05) is 21.6 Å². The Labute approximate surface area is 200 Å². The molecule has 0 aliphatic heterocycles. The number of aromatic nitrogens is 4. The molecule has 0 radical (unpaired) electrons. The van der Waals surface area contributed by atoms with Gasteiger partial charge in [-0.2, -0.15) is 0 Å². The molecule has 0 spiro atoms. The van der Waals surface area contributed by atoms with Crippen LogP contribution in [0.1, 0.15) is 44.5 Å². The van der Waals surface area contributed by atoms with Gasteiger partial charge >= 0.3 is 0 Å². The average Bonchev–Trinajstić information content (AvgIpc) is 3.23. The van der Waals surface area contributed by atoms with Gasteiger partial charge < -0.3 is 10.3 Å². The van der Waals surface area contributed by atoms with Gasteiger partial charge in [-0.05, 0) is 79.5 Å². The Bertz CT molecular complexity index is 1160. The van der Waals surface area contributed by atoms with E-state index < -0.39 is 17.2 Å². The van der Waals surface area contributed by atoms with Crippen molar-refractivity contribution in [3.05, 3.63) is 33.2 Å². The number of benzene rings is 1. The van der Waals surface area contributed by atoms with Crippen LogP contribution in [0, 0.1) is 3.57 Å². The van der Waals surface area contributed by atoms with Crippen LogP contribution in [0.5, 0.6) is 0 Å². The van der Waals surface area contributed by atoms with Gasteiger partial charge in [0.1, 0.15) is 12.5 Å². The lowest BCUT2D eigenvalue weighted by molar-refractivity contribution is 0.343. The van der Waals surface area contributed by atoms with E-state index in [9.17, 15) is 8.60 Å². The van der Waals surface area contributed by atoms with Crippen LogP contribution < -0.4 is 10.5 Å². The minimum atomic E-state index is -1.18. The van der Waals surface area contributed by atoms with Crippen molar-refractivity contribution in [2.24, 2.45) is 0 Å². The molecule has 4 rings (SSSR count). The molecule has 0 saturated carbocycles. The summed E-state index contributed by atoms with van der Waals surface area (Å²) in [5, 5.41) is 0.691. The highest BCUT2D eigenvalue weighted by atomic mass is 127. The number of anilines is 1.